The van der Waals surface area contributed by atoms with Crippen LogP contribution in [-0.4, -0.2) is 31.4 Å². The molecule has 0 aliphatic heterocycles. The highest BCUT2D eigenvalue weighted by molar-refractivity contribution is 7.99. The predicted molar refractivity (Wildman–Crippen MR) is 107 cm³/mol. The summed E-state index contributed by atoms with van der Waals surface area (Å²) in [5.41, 5.74) is 0.995. The molecule has 138 valence electrons. The first-order valence-electron chi connectivity index (χ1n) is 8.36. The van der Waals surface area contributed by atoms with Crippen molar-refractivity contribution in [3.05, 3.63) is 58.5 Å². The Labute approximate surface area is 170 Å². The number of hydrogen-bond acceptors (Lipinski definition) is 5. The van der Waals surface area contributed by atoms with E-state index in [1.54, 1.807) is 0 Å². The molecule has 0 atom stereocenters. The minimum absolute atomic E-state index is 0.163. The van der Waals surface area contributed by atoms with Crippen molar-refractivity contribution in [2.75, 3.05) is 11.1 Å². The van der Waals surface area contributed by atoms with E-state index in [4.69, 9.17) is 23.2 Å². The second-order valence-electron chi connectivity index (χ2n) is 6.11. The third-order valence-electron chi connectivity index (χ3n) is 4.01. The second kappa shape index (κ2) is 7.88. The van der Waals surface area contributed by atoms with Crippen LogP contribution in [0.25, 0.3) is 5.69 Å². The van der Waals surface area contributed by atoms with Gasteiger partial charge < -0.3 is 5.32 Å². The maximum absolute atomic E-state index is 12.3. The van der Waals surface area contributed by atoms with Crippen molar-refractivity contribution in [1.82, 2.24) is 19.7 Å². The molecule has 1 saturated carbocycles. The molecule has 0 spiro atoms. The Kier molecular flexibility index (Phi) is 5.33. The van der Waals surface area contributed by atoms with Gasteiger partial charge in [0.2, 0.25) is 5.91 Å². The molecule has 0 radical (unpaired) electrons. The predicted octanol–water partition coefficient (Wildman–Crippen LogP) is 4.58. The van der Waals surface area contributed by atoms with Crippen LogP contribution in [-0.2, 0) is 4.79 Å². The molecule has 1 N–H and O–H groups in total. The van der Waals surface area contributed by atoms with E-state index in [1.165, 1.54) is 24.0 Å². The van der Waals surface area contributed by atoms with Crippen LogP contribution in [0.1, 0.15) is 24.6 Å². The smallest absolute Gasteiger partial charge is 0.236 e. The summed E-state index contributed by atoms with van der Waals surface area (Å²) >= 11 is 13.2. The molecule has 2 heterocycles. The van der Waals surface area contributed by atoms with Gasteiger partial charge in [0.1, 0.15) is 5.82 Å². The van der Waals surface area contributed by atoms with Crippen molar-refractivity contribution in [2.45, 2.75) is 23.9 Å². The number of halogens is 2. The molecular weight excluding hydrogens is 405 g/mol. The van der Waals surface area contributed by atoms with E-state index in [0.29, 0.717) is 21.1 Å². The first-order valence-corrected chi connectivity index (χ1v) is 10.1. The number of thioether (sulfide) groups is 1. The van der Waals surface area contributed by atoms with Gasteiger partial charge in [-0.05, 0) is 31.0 Å². The zero-order chi connectivity index (χ0) is 18.8. The van der Waals surface area contributed by atoms with E-state index in [-0.39, 0.29) is 17.5 Å². The van der Waals surface area contributed by atoms with Gasteiger partial charge in [0.25, 0.3) is 0 Å². The minimum atomic E-state index is -0.229. The molecule has 2 aromatic heterocycles. The van der Waals surface area contributed by atoms with E-state index >= 15 is 0 Å². The van der Waals surface area contributed by atoms with E-state index in [1.807, 2.05) is 34.9 Å². The number of carbonyl (C=O) groups is 1. The average Bonchev–Trinajstić information content (AvgIpc) is 3.42. The molecule has 1 aliphatic rings. The molecule has 9 heteroatoms. The van der Waals surface area contributed by atoms with Crippen molar-refractivity contribution in [2.24, 2.45) is 0 Å². The number of carbonyl (C=O) groups excluding carboxylic acids is 1. The van der Waals surface area contributed by atoms with Gasteiger partial charge in [0.15, 0.2) is 11.0 Å². The number of para-hydroxylation sites is 1. The van der Waals surface area contributed by atoms with Crippen molar-refractivity contribution < 1.29 is 4.79 Å². The fourth-order valence-electron chi connectivity index (χ4n) is 2.61. The molecule has 1 aromatic carbocycles. The van der Waals surface area contributed by atoms with E-state index < -0.39 is 0 Å². The maximum atomic E-state index is 12.3. The van der Waals surface area contributed by atoms with E-state index in [2.05, 4.69) is 20.5 Å². The largest absolute Gasteiger partial charge is 0.309 e. The lowest BCUT2D eigenvalue weighted by Crippen LogP contribution is -2.16. The number of amides is 1. The number of anilines is 1. The van der Waals surface area contributed by atoms with Crippen LogP contribution in [0.4, 0.5) is 5.82 Å². The Morgan fingerprint density at radius 2 is 2.00 bits per heavy atom. The van der Waals surface area contributed by atoms with Gasteiger partial charge in [0.05, 0.1) is 15.8 Å². The second-order valence-corrected chi connectivity index (χ2v) is 7.89. The van der Waals surface area contributed by atoms with Gasteiger partial charge in [-0.3, -0.25) is 9.36 Å². The number of nitrogens with one attached hydrogen (secondary N) is 1. The van der Waals surface area contributed by atoms with Gasteiger partial charge in [-0.15, -0.1) is 10.2 Å². The Morgan fingerprint density at radius 1 is 1.22 bits per heavy atom. The van der Waals surface area contributed by atoms with Crippen LogP contribution in [0.5, 0.6) is 0 Å². The summed E-state index contributed by atoms with van der Waals surface area (Å²) in [7, 11) is 0. The number of nitrogens with zero attached hydrogens (tertiary/aromatic N) is 4. The molecule has 3 aromatic rings. The van der Waals surface area contributed by atoms with Crippen molar-refractivity contribution in [3.8, 4) is 5.69 Å². The summed E-state index contributed by atoms with van der Waals surface area (Å²) in [5, 5.41) is 12.7. The Bertz CT molecular complexity index is 975. The highest BCUT2D eigenvalue weighted by atomic mass is 35.5. The normalized spacial score (nSPS) is 13.6. The summed E-state index contributed by atoms with van der Waals surface area (Å²) in [4.78, 5) is 16.3. The Morgan fingerprint density at radius 3 is 2.70 bits per heavy atom. The van der Waals surface area contributed by atoms with Crippen LogP contribution < -0.4 is 5.32 Å². The average molecular weight is 420 g/mol. The topological polar surface area (TPSA) is 72.7 Å². The lowest BCUT2D eigenvalue weighted by Gasteiger charge is -2.10. The minimum Gasteiger partial charge on any atom is -0.309 e. The van der Waals surface area contributed by atoms with E-state index in [9.17, 15) is 4.79 Å². The van der Waals surface area contributed by atoms with Gasteiger partial charge >= 0.3 is 0 Å². The first kappa shape index (κ1) is 18.3. The standard InChI is InChI=1S/C18H15Cl2N5OS/c19-12-8-14(20)16(21-9-12)22-15(26)10-27-18-24-23-17(11-6-7-11)25(18)13-4-2-1-3-5-13/h1-5,8-9,11H,6-7,10H2,(H,21,22,26). The molecule has 0 saturated heterocycles. The molecule has 0 unspecified atom stereocenters. The SMILES string of the molecule is O=C(CSc1nnc(C2CC2)n1-c1ccccc1)Nc1ncc(Cl)cc1Cl. The summed E-state index contributed by atoms with van der Waals surface area (Å²) < 4.78 is 2.03. The zero-order valence-electron chi connectivity index (χ0n) is 14.1. The molecule has 1 amide bonds. The number of rotatable bonds is 6. The monoisotopic (exact) mass is 419 g/mol. The summed E-state index contributed by atoms with van der Waals surface area (Å²) in [6.45, 7) is 0. The lowest BCUT2D eigenvalue weighted by atomic mass is 10.3. The maximum Gasteiger partial charge on any atom is 0.236 e. The summed E-state index contributed by atoms with van der Waals surface area (Å²) in [6, 6.07) is 11.5. The Hall–Kier alpha value is -2.09. The van der Waals surface area contributed by atoms with E-state index in [0.717, 1.165) is 24.4 Å². The lowest BCUT2D eigenvalue weighted by molar-refractivity contribution is -0.113. The summed E-state index contributed by atoms with van der Waals surface area (Å²) in [6.07, 6.45) is 3.68. The highest BCUT2D eigenvalue weighted by Crippen LogP contribution is 2.41. The van der Waals surface area contributed by atoms with Crippen LogP contribution in [0.15, 0.2) is 47.8 Å². The number of hydrogen-bond donors (Lipinski definition) is 1. The van der Waals surface area contributed by atoms with Gasteiger partial charge in [-0.2, -0.15) is 0 Å². The van der Waals surface area contributed by atoms with Crippen molar-refractivity contribution >= 4 is 46.7 Å². The molecule has 0 bridgehead atoms. The Balaban J connectivity index is 1.49. The van der Waals surface area contributed by atoms with Gasteiger partial charge in [-0.1, -0.05) is 53.2 Å². The fraction of sp³-hybridized carbons (Fsp3) is 0.222. The summed E-state index contributed by atoms with van der Waals surface area (Å²) in [5.74, 6) is 1.61. The highest BCUT2D eigenvalue weighted by Gasteiger charge is 2.31. The van der Waals surface area contributed by atoms with Crippen molar-refractivity contribution in [3.63, 3.8) is 0 Å². The van der Waals surface area contributed by atoms with Crippen LogP contribution >= 0.6 is 35.0 Å². The zero-order valence-corrected chi connectivity index (χ0v) is 16.4. The quantitative estimate of drug-likeness (QED) is 0.591. The molecule has 1 fully saturated rings. The molecule has 6 nitrogen and oxygen atoms in total. The number of aromatic nitrogens is 4. The van der Waals surface area contributed by atoms with Crippen LogP contribution in [0.3, 0.4) is 0 Å². The number of pyridine rings is 1. The third-order valence-corrected chi connectivity index (χ3v) is 5.44. The molecule has 4 rings (SSSR count). The third kappa shape index (κ3) is 4.26. The van der Waals surface area contributed by atoms with Crippen LogP contribution in [0.2, 0.25) is 10.0 Å². The molecule has 27 heavy (non-hydrogen) atoms. The molecular formula is C18H15Cl2N5OS. The van der Waals surface area contributed by atoms with Gasteiger partial charge in [0, 0.05) is 17.8 Å². The number of benzene rings is 1. The van der Waals surface area contributed by atoms with Gasteiger partial charge in [-0.25, -0.2) is 4.98 Å². The molecule has 1 aliphatic carbocycles. The van der Waals surface area contributed by atoms with Crippen molar-refractivity contribution in [1.29, 1.82) is 0 Å². The van der Waals surface area contributed by atoms with Crippen LogP contribution in [0, 0.1) is 0 Å². The first-order chi connectivity index (χ1) is 13.1. The fourth-order valence-corrected chi connectivity index (χ4v) is 3.79.